The van der Waals surface area contributed by atoms with E-state index in [0.29, 0.717) is 19.3 Å². The monoisotopic (exact) mass is 1880 g/mol. The van der Waals surface area contributed by atoms with Crippen LogP contribution in [0.1, 0.15) is 517 Å². The predicted molar refractivity (Wildman–Crippen MR) is 540 cm³/mol. The molecular weight excluding hydrogens is 1670 g/mol. The number of rotatable bonds is 38. The predicted octanol–water partition coefficient (Wildman–Crippen LogP) is 29.0. The van der Waals surface area contributed by atoms with Gasteiger partial charge in [0.05, 0.1) is 59.7 Å². The van der Waals surface area contributed by atoms with Gasteiger partial charge in [0.2, 0.25) is 0 Å². The summed E-state index contributed by atoms with van der Waals surface area (Å²) < 4.78 is 64.1. The van der Waals surface area contributed by atoms with Crippen LogP contribution in [-0.2, 0) is 114 Å². The topological polar surface area (TPSA) is 316 Å². The second-order valence-corrected chi connectivity index (χ2v) is 36.7. The number of esters is 12. The smallest absolute Gasteiger partial charge is 0.344 e. The largest absolute Gasteiger partial charge is 0.465 e. The highest BCUT2D eigenvalue weighted by molar-refractivity contribution is 5.81. The SMILES string of the molecule is C.C.C.C.C.C.C.C.C.C.C.C.CCC(C)(C)C(=O)OCCC(=O)OC1(C)CCCCC1.CCC(C)C(=O)OCC(=O)OC1(CC)CCCCC1.CCC(C)C(=O)OCCC(=O)OC1(C)CCCCC1.CCC(C)C(=O)OCCC(=O)OC1(CC)CCCCC1.CCC1(OC(=O)CCOC(=O)C(C)(C)CC)CCCCC1.CCC1(OC(=O)COC(=O)C(C)(C)CC)CCCCC1. The van der Waals surface area contributed by atoms with E-state index in [1.54, 1.807) is 6.92 Å². The van der Waals surface area contributed by atoms with Crippen LogP contribution in [0.3, 0.4) is 0 Å². The number of hydrogen-bond acceptors (Lipinski definition) is 24. The summed E-state index contributed by atoms with van der Waals surface area (Å²) in [6, 6.07) is 0. The third-order valence-corrected chi connectivity index (χ3v) is 25.7. The number of carbonyl (C=O) groups excluding carboxylic acids is 12. The summed E-state index contributed by atoms with van der Waals surface area (Å²) in [7, 11) is 0. The quantitative estimate of drug-likeness (QED) is 0.0409. The molecule has 0 amide bonds. The Bertz CT molecular complexity index is 2990. The number of hydrogen-bond donors (Lipinski definition) is 0. The molecule has 6 saturated carbocycles. The van der Waals surface area contributed by atoms with Crippen LogP contribution in [0.4, 0.5) is 0 Å². The fourth-order valence-corrected chi connectivity index (χ4v) is 14.6. The van der Waals surface area contributed by atoms with Crippen molar-refractivity contribution in [3.05, 3.63) is 0 Å². The molecular formula is C107H214O24. The highest BCUT2D eigenvalue weighted by Crippen LogP contribution is 2.40. The minimum absolute atomic E-state index is 0. The van der Waals surface area contributed by atoms with Crippen molar-refractivity contribution >= 4 is 71.6 Å². The molecule has 0 aromatic carbocycles. The molecule has 3 atom stereocenters. The number of carbonyl (C=O) groups is 12. The van der Waals surface area contributed by atoms with E-state index in [1.165, 1.54) is 38.5 Å². The molecule has 6 fully saturated rings. The zero-order valence-electron chi connectivity index (χ0n) is 78.4. The molecule has 6 aliphatic rings. The summed E-state index contributed by atoms with van der Waals surface area (Å²) >= 11 is 0. The average molecular weight is 1880 g/mol. The van der Waals surface area contributed by atoms with Crippen LogP contribution in [0.2, 0.25) is 0 Å². The van der Waals surface area contributed by atoms with Gasteiger partial charge in [-0.05, 0) is 274 Å². The van der Waals surface area contributed by atoms with E-state index >= 15 is 0 Å². The minimum atomic E-state index is -0.548. The molecule has 0 radical (unpaired) electrons. The van der Waals surface area contributed by atoms with Gasteiger partial charge in [-0.2, -0.15) is 0 Å². The van der Waals surface area contributed by atoms with E-state index in [4.69, 9.17) is 56.8 Å². The summed E-state index contributed by atoms with van der Waals surface area (Å²) in [5, 5.41) is 0. The molecule has 6 aliphatic carbocycles. The third-order valence-electron chi connectivity index (χ3n) is 25.7. The van der Waals surface area contributed by atoms with E-state index in [1.807, 2.05) is 125 Å². The van der Waals surface area contributed by atoms with E-state index < -0.39 is 28.2 Å². The average Bonchev–Trinajstić information content (AvgIpc) is 0.894. The van der Waals surface area contributed by atoms with Gasteiger partial charge >= 0.3 is 71.6 Å². The van der Waals surface area contributed by atoms with Gasteiger partial charge in [0.25, 0.3) is 0 Å². The highest BCUT2D eigenvalue weighted by atomic mass is 16.6. The first-order valence-electron chi connectivity index (χ1n) is 46.3. The van der Waals surface area contributed by atoms with Gasteiger partial charge < -0.3 is 56.8 Å². The first-order chi connectivity index (χ1) is 56.0. The van der Waals surface area contributed by atoms with Crippen molar-refractivity contribution in [2.45, 2.75) is 551 Å². The Morgan fingerprint density at radius 3 is 0.641 bits per heavy atom. The van der Waals surface area contributed by atoms with Crippen molar-refractivity contribution in [3.8, 4) is 0 Å². The zero-order valence-corrected chi connectivity index (χ0v) is 78.4. The van der Waals surface area contributed by atoms with Crippen molar-refractivity contribution in [3.63, 3.8) is 0 Å². The van der Waals surface area contributed by atoms with Gasteiger partial charge in [-0.1, -0.05) is 218 Å². The van der Waals surface area contributed by atoms with Gasteiger partial charge in [0.1, 0.15) is 60.0 Å². The van der Waals surface area contributed by atoms with Crippen LogP contribution in [0.25, 0.3) is 0 Å². The van der Waals surface area contributed by atoms with E-state index in [-0.39, 0.29) is 265 Å². The van der Waals surface area contributed by atoms with Gasteiger partial charge in [0, 0.05) is 0 Å². The Kier molecular flexibility index (Phi) is 89.1. The Morgan fingerprint density at radius 2 is 0.427 bits per heavy atom. The lowest BCUT2D eigenvalue weighted by Crippen LogP contribution is -2.38. The highest BCUT2D eigenvalue weighted by Gasteiger charge is 2.40. The molecule has 6 rings (SSSR count). The molecule has 0 saturated heterocycles. The fourth-order valence-electron chi connectivity index (χ4n) is 14.6. The Labute approximate surface area is 806 Å². The van der Waals surface area contributed by atoms with Gasteiger partial charge in [-0.3, -0.25) is 47.9 Å². The normalized spacial score (nSPS) is 17.1. The molecule has 0 heterocycles. The molecule has 786 valence electrons. The van der Waals surface area contributed by atoms with Crippen molar-refractivity contribution in [2.24, 2.45) is 34.0 Å². The summed E-state index contributed by atoms with van der Waals surface area (Å²) in [6.07, 6.45) is 40.3. The summed E-state index contributed by atoms with van der Waals surface area (Å²) in [6.45, 7) is 40.2. The van der Waals surface area contributed by atoms with Crippen LogP contribution in [0.15, 0.2) is 0 Å². The molecule has 0 N–H and O–H groups in total. The van der Waals surface area contributed by atoms with Crippen molar-refractivity contribution < 1.29 is 114 Å². The third kappa shape index (κ3) is 60.0. The van der Waals surface area contributed by atoms with Crippen LogP contribution in [-0.4, -0.2) is 145 Å². The second kappa shape index (κ2) is 77.8. The van der Waals surface area contributed by atoms with Crippen molar-refractivity contribution in [1.82, 2.24) is 0 Å². The fraction of sp³-hybridized carbons (Fsp3) is 0.888. The first kappa shape index (κ1) is 150. The van der Waals surface area contributed by atoms with Crippen LogP contribution < -0.4 is 0 Å². The first-order valence-corrected chi connectivity index (χ1v) is 46.3. The van der Waals surface area contributed by atoms with Crippen molar-refractivity contribution in [1.29, 1.82) is 0 Å². The van der Waals surface area contributed by atoms with E-state index in [0.717, 1.165) is 199 Å². The van der Waals surface area contributed by atoms with Crippen LogP contribution in [0.5, 0.6) is 0 Å². The summed E-state index contributed by atoms with van der Waals surface area (Å²) in [5.41, 5.74) is -3.35. The molecule has 0 bridgehead atoms. The minimum Gasteiger partial charge on any atom is -0.465 e. The molecule has 3 unspecified atom stereocenters. The molecule has 24 heteroatoms. The molecule has 0 aromatic heterocycles. The lowest BCUT2D eigenvalue weighted by Gasteiger charge is -2.36. The lowest BCUT2D eigenvalue weighted by molar-refractivity contribution is -0.176. The second-order valence-electron chi connectivity index (χ2n) is 36.7. The molecule has 131 heavy (non-hydrogen) atoms. The maximum atomic E-state index is 12.0. The summed E-state index contributed by atoms with van der Waals surface area (Å²) in [5.74, 6) is -3.88. The van der Waals surface area contributed by atoms with Gasteiger partial charge in [0.15, 0.2) is 13.2 Å². The van der Waals surface area contributed by atoms with Gasteiger partial charge in [-0.15, -0.1) is 0 Å². The van der Waals surface area contributed by atoms with E-state index in [2.05, 4.69) is 13.8 Å². The molecule has 0 aliphatic heterocycles. The van der Waals surface area contributed by atoms with Crippen LogP contribution >= 0.6 is 0 Å². The maximum Gasteiger partial charge on any atom is 0.344 e. The Hall–Kier alpha value is -6.36. The van der Waals surface area contributed by atoms with Crippen molar-refractivity contribution in [2.75, 3.05) is 39.6 Å². The van der Waals surface area contributed by atoms with E-state index in [9.17, 15) is 57.5 Å². The number of ether oxygens (including phenoxy) is 12. The lowest BCUT2D eigenvalue weighted by atomic mass is 9.83. The standard InChI is InChI=1S/C17H30O4.3C16H28O4.2C15H26O4.12CH4/c1-5-16(3,4)15(19)20-13-10-14(18)21-17(6-2)11-8-7-9-12-17;1-5-15(2,3)14(18)19-12-9-13(17)20-16(4)10-7-6-8-11-16;1-5-15(3,4)14(18)19-12-13(17)20-16(6-2)10-8-7-9-11-16;1-4-13(3)15(18)19-12-9-14(17)20-16(5-2)10-7-6-8-11-16;1-4-12(2)14(17)18-11-8-13(16)19-15(3)9-6-5-7-10-15;1-4-12(3)14(17)18-11-13(16)19-15(5-2)9-7-6-8-10-15;;;;;;;;;;;;/h5-13H2,1-4H3;2*5-12H2,1-4H3;13H,4-12H2,1-3H3;2*12H,4-11H2,1-3H3;12*1H4. The Balaban J connectivity index is -0.000000127. The van der Waals surface area contributed by atoms with Crippen LogP contribution in [0, 0.1) is 34.0 Å². The summed E-state index contributed by atoms with van der Waals surface area (Å²) in [4.78, 5) is 141. The molecule has 0 spiro atoms. The molecule has 0 aromatic rings. The maximum absolute atomic E-state index is 12.0. The van der Waals surface area contributed by atoms with Gasteiger partial charge in [-0.25, -0.2) is 9.59 Å². The Morgan fingerprint density at radius 1 is 0.244 bits per heavy atom. The molecule has 24 nitrogen and oxygen atoms in total. The zero-order chi connectivity index (χ0) is 90.0.